The Kier molecular flexibility index (Phi) is 4.24. The van der Waals surface area contributed by atoms with Crippen LogP contribution >= 0.6 is 0 Å². The highest BCUT2D eigenvalue weighted by molar-refractivity contribution is 5.88. The van der Waals surface area contributed by atoms with E-state index in [0.717, 1.165) is 16.8 Å². The molecule has 1 aliphatic heterocycles. The summed E-state index contributed by atoms with van der Waals surface area (Å²) in [4.78, 5) is 15.9. The van der Waals surface area contributed by atoms with E-state index in [2.05, 4.69) is 27.8 Å². The van der Waals surface area contributed by atoms with Crippen molar-refractivity contribution in [3.05, 3.63) is 71.2 Å². The van der Waals surface area contributed by atoms with Gasteiger partial charge in [-0.15, -0.1) is 0 Å². The maximum atomic E-state index is 12.9. The summed E-state index contributed by atoms with van der Waals surface area (Å²) < 4.78 is 12.9. The van der Waals surface area contributed by atoms with Gasteiger partial charge in [0.25, 0.3) is 0 Å². The number of aromatic amines is 1. The number of amides is 1. The third-order valence-electron chi connectivity index (χ3n) is 4.78. The van der Waals surface area contributed by atoms with Crippen LogP contribution in [0.25, 0.3) is 10.9 Å². The Bertz CT molecular complexity index is 901. The molecular weight excluding hydrogens is 317 g/mol. The highest BCUT2D eigenvalue weighted by Gasteiger charge is 2.26. The molecule has 128 valence electrons. The van der Waals surface area contributed by atoms with E-state index in [-0.39, 0.29) is 17.8 Å². The van der Waals surface area contributed by atoms with Gasteiger partial charge in [0, 0.05) is 29.7 Å². The Morgan fingerprint density at radius 1 is 1.16 bits per heavy atom. The molecule has 1 aromatic heterocycles. The average Bonchev–Trinajstić information content (AvgIpc) is 3.01. The van der Waals surface area contributed by atoms with E-state index in [1.54, 1.807) is 12.1 Å². The lowest BCUT2D eigenvalue weighted by Gasteiger charge is -2.23. The number of aromatic nitrogens is 1. The topological polar surface area (TPSA) is 56.9 Å². The van der Waals surface area contributed by atoms with Crippen LogP contribution < -0.4 is 10.6 Å². The van der Waals surface area contributed by atoms with E-state index in [0.29, 0.717) is 25.9 Å². The lowest BCUT2D eigenvalue weighted by Crippen LogP contribution is -2.48. The largest absolute Gasteiger partial charge is 0.357 e. The summed E-state index contributed by atoms with van der Waals surface area (Å²) in [5.74, 6) is -0.230. The molecule has 2 heterocycles. The minimum absolute atomic E-state index is 0.0121. The van der Waals surface area contributed by atoms with E-state index >= 15 is 0 Å². The van der Waals surface area contributed by atoms with Crippen LogP contribution in [0.4, 0.5) is 4.39 Å². The van der Waals surface area contributed by atoms with E-state index in [1.807, 2.05) is 12.1 Å². The van der Waals surface area contributed by atoms with Crippen LogP contribution in [0.2, 0.25) is 0 Å². The summed E-state index contributed by atoms with van der Waals surface area (Å²) >= 11 is 0. The van der Waals surface area contributed by atoms with Crippen LogP contribution in [0.1, 0.15) is 16.8 Å². The van der Waals surface area contributed by atoms with Crippen molar-refractivity contribution in [3.63, 3.8) is 0 Å². The summed E-state index contributed by atoms with van der Waals surface area (Å²) in [6.45, 7) is 1.21. The monoisotopic (exact) mass is 337 g/mol. The number of halogens is 1. The number of carbonyl (C=O) groups is 1. The van der Waals surface area contributed by atoms with Gasteiger partial charge in [0.1, 0.15) is 5.82 Å². The number of carbonyl (C=O) groups excluding carboxylic acids is 1. The molecule has 1 aliphatic rings. The summed E-state index contributed by atoms with van der Waals surface area (Å²) in [7, 11) is 0. The molecule has 4 rings (SSSR count). The zero-order valence-electron chi connectivity index (χ0n) is 13.8. The SMILES string of the molecule is O=C(NCCc1ccc(F)cc1)[C@@H]1Cc2c([nH]c3ccccc23)CN1. The summed E-state index contributed by atoms with van der Waals surface area (Å²) in [5, 5.41) is 7.48. The minimum Gasteiger partial charge on any atom is -0.357 e. The lowest BCUT2D eigenvalue weighted by molar-refractivity contribution is -0.123. The van der Waals surface area contributed by atoms with E-state index in [1.165, 1.54) is 23.1 Å². The Balaban J connectivity index is 1.37. The fraction of sp³-hybridized carbons (Fsp3) is 0.250. The first kappa shape index (κ1) is 15.8. The van der Waals surface area contributed by atoms with E-state index < -0.39 is 0 Å². The van der Waals surface area contributed by atoms with Crippen molar-refractivity contribution in [2.24, 2.45) is 0 Å². The zero-order valence-corrected chi connectivity index (χ0v) is 13.8. The minimum atomic E-state index is -0.242. The molecule has 0 saturated heterocycles. The van der Waals surface area contributed by atoms with Gasteiger partial charge in [-0.3, -0.25) is 10.1 Å². The van der Waals surface area contributed by atoms with Crippen LogP contribution in [0.15, 0.2) is 48.5 Å². The molecule has 0 spiro atoms. The number of rotatable bonds is 4. The Morgan fingerprint density at radius 3 is 2.80 bits per heavy atom. The highest BCUT2D eigenvalue weighted by atomic mass is 19.1. The van der Waals surface area contributed by atoms with Gasteiger partial charge in [-0.1, -0.05) is 30.3 Å². The maximum absolute atomic E-state index is 12.9. The van der Waals surface area contributed by atoms with Crippen LogP contribution in [-0.4, -0.2) is 23.5 Å². The highest BCUT2D eigenvalue weighted by Crippen LogP contribution is 2.26. The number of hydrogen-bond donors (Lipinski definition) is 3. The van der Waals surface area contributed by atoms with Gasteiger partial charge in [-0.2, -0.15) is 0 Å². The fourth-order valence-corrected chi connectivity index (χ4v) is 3.43. The van der Waals surface area contributed by atoms with Gasteiger partial charge in [0.2, 0.25) is 5.91 Å². The molecule has 3 aromatic rings. The van der Waals surface area contributed by atoms with E-state index in [9.17, 15) is 9.18 Å². The first-order chi connectivity index (χ1) is 12.2. The van der Waals surface area contributed by atoms with E-state index in [4.69, 9.17) is 0 Å². The predicted molar refractivity (Wildman–Crippen MR) is 95.7 cm³/mol. The van der Waals surface area contributed by atoms with Crippen molar-refractivity contribution in [1.29, 1.82) is 0 Å². The van der Waals surface area contributed by atoms with Gasteiger partial charge < -0.3 is 10.3 Å². The maximum Gasteiger partial charge on any atom is 0.237 e. The van der Waals surface area contributed by atoms with Gasteiger partial charge in [-0.25, -0.2) is 4.39 Å². The van der Waals surface area contributed by atoms with Crippen LogP contribution in [0.3, 0.4) is 0 Å². The quantitative estimate of drug-likeness (QED) is 0.686. The van der Waals surface area contributed by atoms with Gasteiger partial charge in [0.05, 0.1) is 6.04 Å². The second-order valence-electron chi connectivity index (χ2n) is 6.43. The molecule has 0 radical (unpaired) electrons. The van der Waals surface area contributed by atoms with Crippen molar-refractivity contribution in [3.8, 4) is 0 Å². The molecule has 0 aliphatic carbocycles. The molecular formula is C20H20FN3O. The van der Waals surface area contributed by atoms with Crippen molar-refractivity contribution in [2.75, 3.05) is 6.54 Å². The molecule has 3 N–H and O–H groups in total. The number of para-hydroxylation sites is 1. The fourth-order valence-electron chi connectivity index (χ4n) is 3.43. The van der Waals surface area contributed by atoms with Gasteiger partial charge in [0.15, 0.2) is 0 Å². The molecule has 0 fully saturated rings. The smallest absolute Gasteiger partial charge is 0.237 e. The van der Waals surface area contributed by atoms with Crippen molar-refractivity contribution in [2.45, 2.75) is 25.4 Å². The van der Waals surface area contributed by atoms with Crippen molar-refractivity contribution in [1.82, 2.24) is 15.6 Å². The summed E-state index contributed by atoms with van der Waals surface area (Å²) in [6, 6.07) is 14.4. The van der Waals surface area contributed by atoms with Gasteiger partial charge in [-0.05, 0) is 42.2 Å². The normalized spacial score (nSPS) is 16.6. The van der Waals surface area contributed by atoms with Crippen molar-refractivity contribution < 1.29 is 9.18 Å². The average molecular weight is 337 g/mol. The number of fused-ring (bicyclic) bond motifs is 3. The molecule has 0 saturated carbocycles. The van der Waals surface area contributed by atoms with Gasteiger partial charge >= 0.3 is 0 Å². The van der Waals surface area contributed by atoms with Crippen LogP contribution in [0.5, 0.6) is 0 Å². The van der Waals surface area contributed by atoms with Crippen molar-refractivity contribution >= 4 is 16.8 Å². The predicted octanol–water partition coefficient (Wildman–Crippen LogP) is 2.68. The molecule has 0 bridgehead atoms. The Hall–Kier alpha value is -2.66. The molecule has 25 heavy (non-hydrogen) atoms. The summed E-state index contributed by atoms with van der Waals surface area (Å²) in [6.07, 6.45) is 1.37. The zero-order chi connectivity index (χ0) is 17.2. The third kappa shape index (κ3) is 3.28. The second kappa shape index (κ2) is 6.69. The molecule has 1 atom stereocenters. The second-order valence-corrected chi connectivity index (χ2v) is 6.43. The molecule has 2 aromatic carbocycles. The van der Waals surface area contributed by atoms with Crippen LogP contribution in [-0.2, 0) is 24.2 Å². The number of nitrogens with one attached hydrogen (secondary N) is 3. The standard InChI is InChI=1S/C20H20FN3O/c21-14-7-5-13(6-8-14)9-10-22-20(25)18-11-16-15-3-1-2-4-17(15)24-19(16)12-23-18/h1-8,18,23-24H,9-12H2,(H,22,25)/t18-/m0/s1. The molecule has 0 unspecified atom stereocenters. The first-order valence-electron chi connectivity index (χ1n) is 8.55. The Labute approximate surface area is 145 Å². The van der Waals surface area contributed by atoms with Crippen LogP contribution in [0, 0.1) is 5.82 Å². The molecule has 5 heteroatoms. The molecule has 1 amide bonds. The molecule has 4 nitrogen and oxygen atoms in total. The first-order valence-corrected chi connectivity index (χ1v) is 8.55. The number of hydrogen-bond acceptors (Lipinski definition) is 2. The Morgan fingerprint density at radius 2 is 1.96 bits per heavy atom. The lowest BCUT2D eigenvalue weighted by atomic mass is 9.98. The third-order valence-corrected chi connectivity index (χ3v) is 4.78. The number of H-pyrrole nitrogens is 1. The number of benzene rings is 2. The summed E-state index contributed by atoms with van der Waals surface area (Å²) in [5.41, 5.74) is 4.52.